The maximum absolute atomic E-state index is 11.8. The van der Waals surface area contributed by atoms with E-state index in [1.807, 2.05) is 43.3 Å². The summed E-state index contributed by atoms with van der Waals surface area (Å²) in [6.45, 7) is 2.44. The predicted octanol–water partition coefficient (Wildman–Crippen LogP) is 3.18. The second kappa shape index (κ2) is 7.33. The van der Waals surface area contributed by atoms with Gasteiger partial charge < -0.3 is 14.5 Å². The Kier molecular flexibility index (Phi) is 5.21. The van der Waals surface area contributed by atoms with Crippen molar-refractivity contribution < 1.29 is 13.9 Å². The monoisotopic (exact) mass is 285 g/mol. The summed E-state index contributed by atoms with van der Waals surface area (Å²) in [7, 11) is 1.61. The lowest BCUT2D eigenvalue weighted by Crippen LogP contribution is -2.20. The fourth-order valence-electron chi connectivity index (χ4n) is 1.92. The number of aryl methyl sites for hydroxylation is 1. The molecule has 0 radical (unpaired) electrons. The number of rotatable bonds is 6. The minimum absolute atomic E-state index is 0.171. The number of ether oxygens (including phenoxy) is 1. The summed E-state index contributed by atoms with van der Waals surface area (Å²) < 4.78 is 10.7. The number of carbonyl (C=O) groups is 1. The van der Waals surface area contributed by atoms with E-state index in [1.54, 1.807) is 13.2 Å². The lowest BCUT2D eigenvalue weighted by atomic mass is 10.2. The van der Waals surface area contributed by atoms with E-state index < -0.39 is 0 Å². The largest absolute Gasteiger partial charge is 0.496 e. The molecular formula is C17H19NO3. The molecule has 0 aliphatic heterocycles. The first-order valence-corrected chi connectivity index (χ1v) is 6.89. The Balaban J connectivity index is 1.90. The van der Waals surface area contributed by atoms with Gasteiger partial charge in [-0.3, -0.25) is 4.79 Å². The summed E-state index contributed by atoms with van der Waals surface area (Å²) in [5.41, 5.74) is 0.938. The molecule has 21 heavy (non-hydrogen) atoms. The van der Waals surface area contributed by atoms with Crippen LogP contribution in [0.3, 0.4) is 0 Å². The van der Waals surface area contributed by atoms with Crippen molar-refractivity contribution in [2.24, 2.45) is 0 Å². The van der Waals surface area contributed by atoms with Crippen LogP contribution in [0.25, 0.3) is 6.08 Å². The lowest BCUT2D eigenvalue weighted by molar-refractivity contribution is -0.116. The molecule has 0 atom stereocenters. The number of hydrogen-bond acceptors (Lipinski definition) is 3. The SMILES string of the molecule is CCc1ccc(C=CC(=O)NCc2ccccc2OC)o1. The van der Waals surface area contributed by atoms with Crippen molar-refractivity contribution in [3.8, 4) is 5.75 Å². The van der Waals surface area contributed by atoms with Crippen LogP contribution < -0.4 is 10.1 Å². The first kappa shape index (κ1) is 14.9. The normalized spacial score (nSPS) is 10.8. The number of para-hydroxylation sites is 1. The van der Waals surface area contributed by atoms with Crippen molar-refractivity contribution in [3.05, 3.63) is 59.6 Å². The van der Waals surface area contributed by atoms with Crippen molar-refractivity contribution in [1.29, 1.82) is 0 Å². The van der Waals surface area contributed by atoms with Gasteiger partial charge in [-0.25, -0.2) is 0 Å². The van der Waals surface area contributed by atoms with E-state index in [0.717, 1.165) is 23.5 Å². The Bertz CT molecular complexity index is 628. The van der Waals surface area contributed by atoms with Gasteiger partial charge in [-0.05, 0) is 24.3 Å². The molecule has 0 fully saturated rings. The average molecular weight is 285 g/mol. The smallest absolute Gasteiger partial charge is 0.244 e. The molecule has 2 rings (SSSR count). The topological polar surface area (TPSA) is 51.5 Å². The van der Waals surface area contributed by atoms with E-state index in [-0.39, 0.29) is 5.91 Å². The third-order valence-electron chi connectivity index (χ3n) is 3.08. The van der Waals surface area contributed by atoms with Crippen LogP contribution in [0.15, 0.2) is 46.9 Å². The zero-order chi connectivity index (χ0) is 15.1. The number of amides is 1. The van der Waals surface area contributed by atoms with Crippen LogP contribution in [-0.2, 0) is 17.8 Å². The van der Waals surface area contributed by atoms with Gasteiger partial charge in [0.25, 0.3) is 0 Å². The molecule has 1 aromatic heterocycles. The van der Waals surface area contributed by atoms with Crippen molar-refractivity contribution >= 4 is 12.0 Å². The minimum atomic E-state index is -0.171. The zero-order valence-electron chi connectivity index (χ0n) is 12.3. The Labute approximate surface area is 124 Å². The quantitative estimate of drug-likeness (QED) is 0.829. The molecule has 1 amide bonds. The molecule has 0 aliphatic rings. The number of furan rings is 1. The van der Waals surface area contributed by atoms with Gasteiger partial charge in [0.15, 0.2) is 0 Å². The van der Waals surface area contributed by atoms with E-state index in [1.165, 1.54) is 6.08 Å². The van der Waals surface area contributed by atoms with Crippen molar-refractivity contribution in [1.82, 2.24) is 5.32 Å². The first-order valence-electron chi connectivity index (χ1n) is 6.89. The average Bonchev–Trinajstić information content (AvgIpc) is 2.99. The molecule has 2 aromatic rings. The summed E-state index contributed by atoms with van der Waals surface area (Å²) in [4.78, 5) is 11.8. The highest BCUT2D eigenvalue weighted by atomic mass is 16.5. The molecule has 1 N–H and O–H groups in total. The van der Waals surface area contributed by atoms with E-state index in [0.29, 0.717) is 12.3 Å². The Morgan fingerprint density at radius 2 is 2.10 bits per heavy atom. The molecule has 1 aromatic carbocycles. The van der Waals surface area contributed by atoms with Crippen LogP contribution >= 0.6 is 0 Å². The molecule has 0 unspecified atom stereocenters. The molecule has 0 spiro atoms. The molecule has 0 bridgehead atoms. The number of methoxy groups -OCH3 is 1. The summed E-state index contributed by atoms with van der Waals surface area (Å²) in [6.07, 6.45) is 3.97. The van der Waals surface area contributed by atoms with Crippen molar-refractivity contribution in [3.63, 3.8) is 0 Å². The first-order chi connectivity index (χ1) is 10.2. The maximum Gasteiger partial charge on any atom is 0.244 e. The van der Waals surface area contributed by atoms with Gasteiger partial charge in [-0.15, -0.1) is 0 Å². The van der Waals surface area contributed by atoms with Crippen LogP contribution in [0.2, 0.25) is 0 Å². The van der Waals surface area contributed by atoms with E-state index in [4.69, 9.17) is 9.15 Å². The summed E-state index contributed by atoms with van der Waals surface area (Å²) in [5.74, 6) is 2.18. The Morgan fingerprint density at radius 1 is 1.29 bits per heavy atom. The summed E-state index contributed by atoms with van der Waals surface area (Å²) in [5, 5.41) is 2.82. The number of nitrogens with one attached hydrogen (secondary N) is 1. The molecule has 0 saturated carbocycles. The van der Waals surface area contributed by atoms with Gasteiger partial charge in [0, 0.05) is 24.6 Å². The van der Waals surface area contributed by atoms with Gasteiger partial charge in [0.1, 0.15) is 17.3 Å². The highest BCUT2D eigenvalue weighted by Gasteiger charge is 2.03. The summed E-state index contributed by atoms with van der Waals surface area (Å²) >= 11 is 0. The van der Waals surface area contributed by atoms with E-state index in [2.05, 4.69) is 5.32 Å². The standard InChI is InChI=1S/C17H19NO3/c1-3-14-8-9-15(21-14)10-11-17(19)18-12-13-6-4-5-7-16(13)20-2/h4-11H,3,12H2,1-2H3,(H,18,19). The van der Waals surface area contributed by atoms with Crippen LogP contribution in [0.1, 0.15) is 24.0 Å². The Morgan fingerprint density at radius 3 is 2.81 bits per heavy atom. The maximum atomic E-state index is 11.8. The highest BCUT2D eigenvalue weighted by Crippen LogP contribution is 2.16. The van der Waals surface area contributed by atoms with Crippen LogP contribution in [0.4, 0.5) is 0 Å². The molecule has 4 heteroatoms. The second-order valence-electron chi connectivity index (χ2n) is 4.52. The molecule has 4 nitrogen and oxygen atoms in total. The van der Waals surface area contributed by atoms with Crippen molar-refractivity contribution in [2.45, 2.75) is 19.9 Å². The van der Waals surface area contributed by atoms with Gasteiger partial charge in [-0.1, -0.05) is 25.1 Å². The van der Waals surface area contributed by atoms with Gasteiger partial charge in [0.2, 0.25) is 5.91 Å². The predicted molar refractivity (Wildman–Crippen MR) is 82.0 cm³/mol. The minimum Gasteiger partial charge on any atom is -0.496 e. The Hall–Kier alpha value is -2.49. The van der Waals surface area contributed by atoms with E-state index >= 15 is 0 Å². The lowest BCUT2D eigenvalue weighted by Gasteiger charge is -2.08. The van der Waals surface area contributed by atoms with Gasteiger partial charge in [0.05, 0.1) is 7.11 Å². The number of benzene rings is 1. The molecular weight excluding hydrogens is 266 g/mol. The molecule has 0 aliphatic carbocycles. The second-order valence-corrected chi connectivity index (χ2v) is 4.52. The van der Waals surface area contributed by atoms with E-state index in [9.17, 15) is 4.79 Å². The zero-order valence-corrected chi connectivity index (χ0v) is 12.3. The highest BCUT2D eigenvalue weighted by molar-refractivity contribution is 5.91. The third-order valence-corrected chi connectivity index (χ3v) is 3.08. The fourth-order valence-corrected chi connectivity index (χ4v) is 1.92. The molecule has 110 valence electrons. The number of carbonyl (C=O) groups excluding carboxylic acids is 1. The van der Waals surface area contributed by atoms with Gasteiger partial charge >= 0.3 is 0 Å². The van der Waals surface area contributed by atoms with Crippen LogP contribution in [0.5, 0.6) is 5.75 Å². The summed E-state index contributed by atoms with van der Waals surface area (Å²) in [6, 6.07) is 11.4. The fraction of sp³-hybridized carbons (Fsp3) is 0.235. The third kappa shape index (κ3) is 4.24. The van der Waals surface area contributed by atoms with Crippen molar-refractivity contribution in [2.75, 3.05) is 7.11 Å². The van der Waals surface area contributed by atoms with Crippen LogP contribution in [0, 0.1) is 0 Å². The molecule has 1 heterocycles. The number of hydrogen-bond donors (Lipinski definition) is 1. The van der Waals surface area contributed by atoms with Gasteiger partial charge in [-0.2, -0.15) is 0 Å². The van der Waals surface area contributed by atoms with Crippen LogP contribution in [-0.4, -0.2) is 13.0 Å². The molecule has 0 saturated heterocycles.